The van der Waals surface area contributed by atoms with Crippen molar-refractivity contribution >= 4 is 34.8 Å². The van der Waals surface area contributed by atoms with Crippen molar-refractivity contribution in [3.05, 3.63) is 93.1 Å². The Kier molecular flexibility index (Phi) is 8.45. The number of H-pyrrole nitrogens is 1. The van der Waals surface area contributed by atoms with Crippen LogP contribution in [0.5, 0.6) is 0 Å². The number of amides is 1. The molecule has 4 rings (SSSR count). The quantitative estimate of drug-likeness (QED) is 0.269. The second kappa shape index (κ2) is 11.9. The second-order valence-electron chi connectivity index (χ2n) is 8.15. The van der Waals surface area contributed by atoms with E-state index in [1.54, 1.807) is 13.0 Å². The van der Waals surface area contributed by atoms with Crippen molar-refractivity contribution in [3.8, 4) is 11.1 Å². The number of carbonyl (C=O) groups is 2. The van der Waals surface area contributed by atoms with Gasteiger partial charge in [0.1, 0.15) is 5.82 Å². The van der Waals surface area contributed by atoms with Gasteiger partial charge in [-0.25, -0.2) is 4.39 Å². The van der Waals surface area contributed by atoms with Crippen LogP contribution < -0.4 is 5.32 Å². The van der Waals surface area contributed by atoms with Gasteiger partial charge in [-0.05, 0) is 71.5 Å². The fourth-order valence-corrected chi connectivity index (χ4v) is 4.84. The maximum atomic E-state index is 14.3. The van der Waals surface area contributed by atoms with Gasteiger partial charge >= 0.3 is 5.97 Å². The van der Waals surface area contributed by atoms with Crippen molar-refractivity contribution in [2.24, 2.45) is 0 Å². The van der Waals surface area contributed by atoms with Crippen LogP contribution in [0.4, 0.5) is 4.39 Å². The largest absolute Gasteiger partial charge is 0.466 e. The van der Waals surface area contributed by atoms with Crippen molar-refractivity contribution < 1.29 is 18.7 Å². The average Bonchev–Trinajstić information content (AvgIpc) is 3.59. The fraction of sp³-hybridized carbons (Fsp3) is 0.231. The van der Waals surface area contributed by atoms with Crippen molar-refractivity contribution in [1.82, 2.24) is 20.7 Å². The summed E-state index contributed by atoms with van der Waals surface area (Å²) < 4.78 is 19.6. The summed E-state index contributed by atoms with van der Waals surface area (Å²) in [6, 6.07) is 13.2. The van der Waals surface area contributed by atoms with Gasteiger partial charge in [-0.3, -0.25) is 9.59 Å². The molecule has 36 heavy (non-hydrogen) atoms. The molecule has 1 unspecified atom stereocenters. The van der Waals surface area contributed by atoms with E-state index in [1.165, 1.54) is 29.7 Å². The zero-order chi connectivity index (χ0) is 25.5. The van der Waals surface area contributed by atoms with Gasteiger partial charge in [0.2, 0.25) is 0 Å². The lowest BCUT2D eigenvalue weighted by Gasteiger charge is -2.23. The lowest BCUT2D eigenvalue weighted by molar-refractivity contribution is -0.145. The van der Waals surface area contributed by atoms with Crippen LogP contribution in [-0.4, -0.2) is 39.9 Å². The zero-order valence-corrected chi connectivity index (χ0v) is 21.0. The van der Waals surface area contributed by atoms with Gasteiger partial charge in [0.05, 0.1) is 18.7 Å². The number of aromatic amines is 1. The highest BCUT2D eigenvalue weighted by Crippen LogP contribution is 2.29. The van der Waals surface area contributed by atoms with Crippen molar-refractivity contribution in [2.45, 2.75) is 31.7 Å². The van der Waals surface area contributed by atoms with Crippen LogP contribution in [0.2, 0.25) is 5.02 Å². The highest BCUT2D eigenvalue weighted by Gasteiger charge is 2.28. The molecular formula is C26H24ClFN4O3S. The Morgan fingerprint density at radius 2 is 2.00 bits per heavy atom. The van der Waals surface area contributed by atoms with Gasteiger partial charge in [0.25, 0.3) is 5.91 Å². The van der Waals surface area contributed by atoms with Crippen molar-refractivity contribution in [1.29, 1.82) is 0 Å². The average molecular weight is 527 g/mol. The molecule has 186 valence electrons. The van der Waals surface area contributed by atoms with E-state index in [-0.39, 0.29) is 24.1 Å². The molecule has 0 saturated heterocycles. The normalized spacial score (nSPS) is 12.6. The van der Waals surface area contributed by atoms with Crippen LogP contribution in [0.3, 0.4) is 0 Å². The number of carbonyl (C=O) groups excluding carboxylic acids is 2. The smallest absolute Gasteiger partial charge is 0.313 e. The number of benzene rings is 2. The molecule has 0 saturated carbocycles. The Balaban J connectivity index is 1.58. The lowest BCUT2D eigenvalue weighted by Crippen LogP contribution is -2.39. The van der Waals surface area contributed by atoms with E-state index in [1.807, 2.05) is 41.1 Å². The van der Waals surface area contributed by atoms with Crippen LogP contribution in [0, 0.1) is 5.82 Å². The maximum absolute atomic E-state index is 14.3. The van der Waals surface area contributed by atoms with Crippen molar-refractivity contribution in [2.75, 3.05) is 6.61 Å². The Morgan fingerprint density at radius 1 is 1.19 bits per heavy atom. The van der Waals surface area contributed by atoms with Crippen LogP contribution >= 0.6 is 22.9 Å². The first-order chi connectivity index (χ1) is 17.4. The van der Waals surface area contributed by atoms with E-state index in [9.17, 15) is 14.0 Å². The number of ether oxygens (including phenoxy) is 1. The van der Waals surface area contributed by atoms with Gasteiger partial charge < -0.3 is 10.1 Å². The number of esters is 1. The summed E-state index contributed by atoms with van der Waals surface area (Å²) in [5.41, 5.74) is 2.98. The van der Waals surface area contributed by atoms with Crippen LogP contribution in [0.1, 0.15) is 40.9 Å². The SMILES string of the molecule is CCOC(=O)C(C[C@@H](Cc1ccc(-c2cc(Cl)ccc2F)cc1)NC(=O)c1cn[nH]n1)c1ccsc1. The number of rotatable bonds is 10. The third-order valence-corrected chi connectivity index (χ3v) is 6.63. The number of aromatic nitrogens is 3. The summed E-state index contributed by atoms with van der Waals surface area (Å²) in [7, 11) is 0. The first-order valence-corrected chi connectivity index (χ1v) is 12.7. The molecule has 2 N–H and O–H groups in total. The standard InChI is InChI=1S/C26H24ClFN4O3S/c1-2-35-26(34)22(18-9-10-36-15-18)13-20(30-25(33)24-14-29-32-31-24)11-16-3-5-17(6-4-16)21-12-19(27)7-8-23(21)28/h3-10,12,14-15,20,22H,2,11,13H2,1H3,(H,30,33)(H,29,31,32)/t20-,22?/m1/s1. The third-order valence-electron chi connectivity index (χ3n) is 5.70. The van der Waals surface area contributed by atoms with Gasteiger partial charge in [-0.2, -0.15) is 26.7 Å². The minimum atomic E-state index is -0.543. The minimum Gasteiger partial charge on any atom is -0.466 e. The number of nitrogens with zero attached hydrogens (tertiary/aromatic N) is 2. The molecule has 4 aromatic rings. The highest BCUT2D eigenvalue weighted by atomic mass is 35.5. The molecule has 7 nitrogen and oxygen atoms in total. The molecule has 0 radical (unpaired) electrons. The topological polar surface area (TPSA) is 97.0 Å². The van der Waals surface area contributed by atoms with Gasteiger partial charge in [0.15, 0.2) is 5.69 Å². The van der Waals surface area contributed by atoms with Gasteiger partial charge in [-0.15, -0.1) is 0 Å². The van der Waals surface area contributed by atoms with Crippen LogP contribution in [-0.2, 0) is 16.0 Å². The summed E-state index contributed by atoms with van der Waals surface area (Å²) in [5, 5.41) is 17.2. The molecule has 0 bridgehead atoms. The number of thiophene rings is 1. The molecule has 2 heterocycles. The minimum absolute atomic E-state index is 0.148. The fourth-order valence-electron chi connectivity index (χ4n) is 3.96. The summed E-state index contributed by atoms with van der Waals surface area (Å²) in [5.74, 6) is -1.65. The summed E-state index contributed by atoms with van der Waals surface area (Å²) in [6.45, 7) is 2.02. The Hall–Kier alpha value is -3.56. The molecule has 2 atom stereocenters. The Bertz CT molecular complexity index is 1300. The second-order valence-corrected chi connectivity index (χ2v) is 9.36. The predicted molar refractivity (Wildman–Crippen MR) is 136 cm³/mol. The maximum Gasteiger partial charge on any atom is 0.313 e. The summed E-state index contributed by atoms with van der Waals surface area (Å²) in [4.78, 5) is 25.6. The Morgan fingerprint density at radius 3 is 2.67 bits per heavy atom. The number of nitrogens with one attached hydrogen (secondary N) is 2. The molecule has 10 heteroatoms. The van der Waals surface area contributed by atoms with Gasteiger partial charge in [-0.1, -0.05) is 35.9 Å². The summed E-state index contributed by atoms with van der Waals surface area (Å²) in [6.07, 6.45) is 2.09. The third kappa shape index (κ3) is 6.35. The number of hydrogen-bond acceptors (Lipinski definition) is 6. The Labute approximate surface area is 216 Å². The van der Waals surface area contributed by atoms with E-state index in [0.717, 1.165) is 11.1 Å². The molecule has 0 aliphatic rings. The van der Waals surface area contributed by atoms with E-state index in [2.05, 4.69) is 20.7 Å². The summed E-state index contributed by atoms with van der Waals surface area (Å²) >= 11 is 7.53. The molecule has 0 fully saturated rings. The highest BCUT2D eigenvalue weighted by molar-refractivity contribution is 7.08. The molecule has 0 aliphatic heterocycles. The number of hydrogen-bond donors (Lipinski definition) is 2. The van der Waals surface area contributed by atoms with E-state index in [0.29, 0.717) is 29.0 Å². The van der Waals surface area contributed by atoms with Crippen LogP contribution in [0.15, 0.2) is 65.5 Å². The lowest BCUT2D eigenvalue weighted by atomic mass is 9.90. The molecule has 2 aromatic heterocycles. The number of halogens is 2. The van der Waals surface area contributed by atoms with Crippen molar-refractivity contribution in [3.63, 3.8) is 0 Å². The molecular weight excluding hydrogens is 503 g/mol. The first-order valence-electron chi connectivity index (χ1n) is 11.3. The van der Waals surface area contributed by atoms with Crippen LogP contribution in [0.25, 0.3) is 11.1 Å². The van der Waals surface area contributed by atoms with Gasteiger partial charge in [0, 0.05) is 16.6 Å². The molecule has 0 spiro atoms. The predicted octanol–water partition coefficient (Wildman–Crippen LogP) is 5.40. The molecule has 0 aliphatic carbocycles. The first kappa shape index (κ1) is 25.5. The monoisotopic (exact) mass is 526 g/mol. The van der Waals surface area contributed by atoms with E-state index in [4.69, 9.17) is 16.3 Å². The molecule has 1 amide bonds. The molecule has 2 aromatic carbocycles. The van der Waals surface area contributed by atoms with E-state index < -0.39 is 17.9 Å². The van der Waals surface area contributed by atoms with E-state index >= 15 is 0 Å². The zero-order valence-electron chi connectivity index (χ0n) is 19.4.